The summed E-state index contributed by atoms with van der Waals surface area (Å²) >= 11 is 0. The van der Waals surface area contributed by atoms with E-state index in [0.717, 1.165) is 10.8 Å². The summed E-state index contributed by atoms with van der Waals surface area (Å²) in [7, 11) is 0. The fourth-order valence-corrected chi connectivity index (χ4v) is 2.11. The van der Waals surface area contributed by atoms with Crippen molar-refractivity contribution in [3.05, 3.63) is 48.0 Å². The molecule has 1 N–H and O–H groups in total. The molecule has 0 heterocycles. The predicted molar refractivity (Wildman–Crippen MR) is 81.7 cm³/mol. The molecule has 1 atom stereocenters. The highest BCUT2D eigenvalue weighted by Crippen LogP contribution is 2.19. The van der Waals surface area contributed by atoms with Crippen molar-refractivity contribution in [1.29, 1.82) is 10.7 Å². The molecule has 0 aromatic heterocycles. The number of ketones is 1. The van der Waals surface area contributed by atoms with Crippen molar-refractivity contribution in [2.45, 2.75) is 6.92 Å². The standard InChI is InChI=1S/C17H14N2O3/c1-11(19)15(9-18)16(20)10-22-17(21)14-8-4-6-12-5-2-3-7-13(12)14/h2-8,15,19H,10H2,1H3. The van der Waals surface area contributed by atoms with Gasteiger partial charge in [-0.05, 0) is 23.8 Å². The van der Waals surface area contributed by atoms with Crippen LogP contribution in [0.4, 0.5) is 0 Å². The van der Waals surface area contributed by atoms with Crippen LogP contribution in [0.25, 0.3) is 10.8 Å². The molecule has 0 saturated carbocycles. The first-order valence-electron chi connectivity index (χ1n) is 6.67. The maximum Gasteiger partial charge on any atom is 0.339 e. The SMILES string of the molecule is CC(=N)C(C#N)C(=O)COC(=O)c1cccc2ccccc12. The molecule has 2 aromatic carbocycles. The Balaban J connectivity index is 2.14. The Labute approximate surface area is 127 Å². The van der Waals surface area contributed by atoms with Gasteiger partial charge in [-0.15, -0.1) is 0 Å². The van der Waals surface area contributed by atoms with E-state index in [2.05, 4.69) is 0 Å². The molecular weight excluding hydrogens is 280 g/mol. The molecule has 0 saturated heterocycles. The van der Waals surface area contributed by atoms with Crippen molar-refractivity contribution in [3.8, 4) is 6.07 Å². The topological polar surface area (TPSA) is 91.0 Å². The molecule has 110 valence electrons. The number of hydrogen-bond donors (Lipinski definition) is 1. The summed E-state index contributed by atoms with van der Waals surface area (Å²) < 4.78 is 4.99. The van der Waals surface area contributed by atoms with Gasteiger partial charge in [0.25, 0.3) is 0 Å². The van der Waals surface area contributed by atoms with E-state index >= 15 is 0 Å². The first-order valence-corrected chi connectivity index (χ1v) is 6.67. The summed E-state index contributed by atoms with van der Waals surface area (Å²) in [6, 6.07) is 14.3. The molecule has 0 fully saturated rings. The minimum Gasteiger partial charge on any atom is -0.454 e. The lowest BCUT2D eigenvalue weighted by Crippen LogP contribution is -2.25. The second-order valence-corrected chi connectivity index (χ2v) is 4.81. The summed E-state index contributed by atoms with van der Waals surface area (Å²) in [4.78, 5) is 23.9. The summed E-state index contributed by atoms with van der Waals surface area (Å²) in [5.41, 5.74) is 0.305. The molecule has 22 heavy (non-hydrogen) atoms. The third-order valence-electron chi connectivity index (χ3n) is 3.24. The highest BCUT2D eigenvalue weighted by atomic mass is 16.5. The number of Topliss-reactive ketones (excluding diaryl/α,β-unsaturated/α-hetero) is 1. The zero-order valence-corrected chi connectivity index (χ0v) is 12.0. The minimum absolute atomic E-state index is 0.0614. The second kappa shape index (κ2) is 6.64. The lowest BCUT2D eigenvalue weighted by Gasteiger charge is -2.09. The van der Waals surface area contributed by atoms with Gasteiger partial charge < -0.3 is 10.1 Å². The molecule has 5 nitrogen and oxygen atoms in total. The number of nitrogens with zero attached hydrogens (tertiary/aromatic N) is 1. The Morgan fingerprint density at radius 3 is 2.59 bits per heavy atom. The van der Waals surface area contributed by atoms with E-state index in [-0.39, 0.29) is 5.71 Å². The van der Waals surface area contributed by atoms with E-state index in [0.29, 0.717) is 5.56 Å². The van der Waals surface area contributed by atoms with Crippen LogP contribution in [0.15, 0.2) is 42.5 Å². The quantitative estimate of drug-likeness (QED) is 0.678. The normalized spacial score (nSPS) is 11.5. The minimum atomic E-state index is -1.17. The van der Waals surface area contributed by atoms with E-state index in [1.165, 1.54) is 6.92 Å². The fraction of sp³-hybridized carbons (Fsp3) is 0.176. The Morgan fingerprint density at radius 2 is 1.91 bits per heavy atom. The summed E-state index contributed by atoms with van der Waals surface area (Å²) in [5, 5.41) is 17.8. The van der Waals surface area contributed by atoms with Gasteiger partial charge in [-0.25, -0.2) is 4.79 Å². The molecule has 1 unspecified atom stereocenters. The molecule has 0 spiro atoms. The number of hydrogen-bond acceptors (Lipinski definition) is 5. The molecular formula is C17H14N2O3. The Hall–Kier alpha value is -3.00. The van der Waals surface area contributed by atoms with Crippen LogP contribution in [-0.4, -0.2) is 24.1 Å². The number of nitriles is 1. The van der Waals surface area contributed by atoms with Crippen LogP contribution >= 0.6 is 0 Å². The van der Waals surface area contributed by atoms with Gasteiger partial charge in [0.15, 0.2) is 12.4 Å². The summed E-state index contributed by atoms with van der Waals surface area (Å²) in [5.74, 6) is -2.38. The smallest absolute Gasteiger partial charge is 0.339 e. The van der Waals surface area contributed by atoms with Crippen molar-refractivity contribution in [1.82, 2.24) is 0 Å². The number of fused-ring (bicyclic) bond motifs is 1. The average molecular weight is 294 g/mol. The lowest BCUT2D eigenvalue weighted by atomic mass is 10.0. The molecule has 2 aromatic rings. The number of rotatable bonds is 5. The third kappa shape index (κ3) is 3.18. The monoisotopic (exact) mass is 294 g/mol. The van der Waals surface area contributed by atoms with E-state index in [4.69, 9.17) is 15.4 Å². The average Bonchev–Trinajstić information content (AvgIpc) is 2.52. The van der Waals surface area contributed by atoms with Gasteiger partial charge in [0, 0.05) is 5.71 Å². The van der Waals surface area contributed by atoms with E-state index < -0.39 is 24.3 Å². The maximum absolute atomic E-state index is 12.1. The molecule has 0 amide bonds. The molecule has 5 heteroatoms. The predicted octanol–water partition coefficient (Wildman–Crippen LogP) is 2.75. The number of carbonyl (C=O) groups excluding carboxylic acids is 2. The highest BCUT2D eigenvalue weighted by molar-refractivity contribution is 6.08. The van der Waals surface area contributed by atoms with Gasteiger partial charge >= 0.3 is 5.97 Å². The molecule has 0 bridgehead atoms. The highest BCUT2D eigenvalue weighted by Gasteiger charge is 2.22. The molecule has 0 aliphatic rings. The van der Waals surface area contributed by atoms with Gasteiger partial charge in [-0.3, -0.25) is 4.79 Å². The number of nitrogens with one attached hydrogen (secondary N) is 1. The van der Waals surface area contributed by atoms with Crippen molar-refractivity contribution in [2.24, 2.45) is 5.92 Å². The van der Waals surface area contributed by atoms with Crippen LogP contribution < -0.4 is 0 Å². The van der Waals surface area contributed by atoms with Crippen LogP contribution in [-0.2, 0) is 9.53 Å². The largest absolute Gasteiger partial charge is 0.454 e. The van der Waals surface area contributed by atoms with Crippen molar-refractivity contribution >= 4 is 28.2 Å². The van der Waals surface area contributed by atoms with Crippen LogP contribution in [0.2, 0.25) is 0 Å². The third-order valence-corrected chi connectivity index (χ3v) is 3.24. The van der Waals surface area contributed by atoms with Gasteiger partial charge in [0.1, 0.15) is 5.92 Å². The van der Waals surface area contributed by atoms with Crippen molar-refractivity contribution in [3.63, 3.8) is 0 Å². The van der Waals surface area contributed by atoms with Crippen molar-refractivity contribution < 1.29 is 14.3 Å². The number of ether oxygens (including phenoxy) is 1. The summed E-state index contributed by atoms with van der Waals surface area (Å²) in [6.45, 7) is 0.856. The molecule has 0 aliphatic heterocycles. The van der Waals surface area contributed by atoms with Crippen LogP contribution in [0.1, 0.15) is 17.3 Å². The Bertz CT molecular complexity index is 785. The zero-order chi connectivity index (χ0) is 16.1. The maximum atomic E-state index is 12.1. The number of esters is 1. The second-order valence-electron chi connectivity index (χ2n) is 4.81. The van der Waals surface area contributed by atoms with Crippen LogP contribution in [0, 0.1) is 22.7 Å². The fourth-order valence-electron chi connectivity index (χ4n) is 2.11. The molecule has 0 aliphatic carbocycles. The van der Waals surface area contributed by atoms with Crippen LogP contribution in [0.5, 0.6) is 0 Å². The van der Waals surface area contributed by atoms with E-state index in [9.17, 15) is 9.59 Å². The Morgan fingerprint density at radius 1 is 1.23 bits per heavy atom. The van der Waals surface area contributed by atoms with Gasteiger partial charge in [0.2, 0.25) is 0 Å². The van der Waals surface area contributed by atoms with Crippen LogP contribution in [0.3, 0.4) is 0 Å². The summed E-state index contributed by atoms with van der Waals surface area (Å²) in [6.07, 6.45) is 0. The molecule has 2 rings (SSSR count). The van der Waals surface area contributed by atoms with E-state index in [1.807, 2.05) is 24.3 Å². The number of benzene rings is 2. The van der Waals surface area contributed by atoms with Gasteiger partial charge in [-0.1, -0.05) is 36.4 Å². The van der Waals surface area contributed by atoms with E-state index in [1.54, 1.807) is 24.3 Å². The van der Waals surface area contributed by atoms with Gasteiger partial charge in [0.05, 0.1) is 11.6 Å². The zero-order valence-electron chi connectivity index (χ0n) is 12.0. The molecule has 0 radical (unpaired) electrons. The number of carbonyl (C=O) groups is 2. The van der Waals surface area contributed by atoms with Crippen molar-refractivity contribution in [2.75, 3.05) is 6.61 Å². The first-order chi connectivity index (χ1) is 10.5. The first kappa shape index (κ1) is 15.4. The lowest BCUT2D eigenvalue weighted by molar-refractivity contribution is -0.122. The Kier molecular flexibility index (Phi) is 4.64. The van der Waals surface area contributed by atoms with Gasteiger partial charge in [-0.2, -0.15) is 5.26 Å².